The molecule has 0 fully saturated rings. The van der Waals surface area contributed by atoms with Crippen molar-refractivity contribution in [3.05, 3.63) is 180 Å². The van der Waals surface area contributed by atoms with E-state index >= 15 is 0 Å². The second-order valence-corrected chi connectivity index (χ2v) is 12.9. The van der Waals surface area contributed by atoms with Crippen molar-refractivity contribution in [2.24, 2.45) is 0 Å². The highest BCUT2D eigenvalue weighted by Crippen LogP contribution is 2.47. The van der Waals surface area contributed by atoms with Crippen molar-refractivity contribution >= 4 is 34.4 Å². The van der Waals surface area contributed by atoms with Crippen LogP contribution in [0.5, 0.6) is 0 Å². The lowest BCUT2D eigenvalue weighted by Gasteiger charge is -2.28. The number of hydrogen-bond acceptors (Lipinski definition) is 4. The zero-order valence-corrected chi connectivity index (χ0v) is 27.1. The molecule has 0 spiro atoms. The molecule has 0 saturated carbocycles. The van der Waals surface area contributed by atoms with E-state index in [0.717, 1.165) is 33.1 Å². The first-order valence-electron chi connectivity index (χ1n) is 17.0. The van der Waals surface area contributed by atoms with E-state index < -0.39 is 0 Å². The molecule has 3 heterocycles. The van der Waals surface area contributed by atoms with Crippen LogP contribution in [0.15, 0.2) is 164 Å². The van der Waals surface area contributed by atoms with Gasteiger partial charge in [-0.3, -0.25) is 4.57 Å². The number of para-hydroxylation sites is 3. The van der Waals surface area contributed by atoms with E-state index in [1.54, 1.807) is 0 Å². The molecule has 1 aliphatic carbocycles. The third-order valence-corrected chi connectivity index (χ3v) is 9.97. The van der Waals surface area contributed by atoms with Crippen LogP contribution in [0.3, 0.4) is 0 Å². The van der Waals surface area contributed by atoms with E-state index in [0.29, 0.717) is 17.6 Å². The minimum absolute atomic E-state index is 0.0859. The Morgan fingerprint density at radius 3 is 1.90 bits per heavy atom. The topological polar surface area (TPSA) is 46.8 Å². The molecule has 2 unspecified atom stereocenters. The number of nitrogens with zero attached hydrogens (tertiary/aromatic N) is 5. The average molecular weight is 642 g/mol. The van der Waals surface area contributed by atoms with Crippen molar-refractivity contribution in [1.29, 1.82) is 0 Å². The predicted molar refractivity (Wildman–Crippen MR) is 203 cm³/mol. The molecule has 2 aromatic heterocycles. The SMILES string of the molecule is C1=c2c(n(-c3nc(-c4ccccc4)nc(-c4cccc(-c5ccccc5)c4)n3)c3ccccc23)=CC2C1c1ccccc1N2c1ccccc1. The Balaban J connectivity index is 1.23. The van der Waals surface area contributed by atoms with Gasteiger partial charge in [0, 0.05) is 39.0 Å². The van der Waals surface area contributed by atoms with Crippen molar-refractivity contribution in [2.45, 2.75) is 12.0 Å². The maximum Gasteiger partial charge on any atom is 0.238 e. The first-order valence-corrected chi connectivity index (χ1v) is 17.0. The van der Waals surface area contributed by atoms with Crippen LogP contribution in [0.25, 0.3) is 62.9 Å². The Morgan fingerprint density at radius 1 is 0.480 bits per heavy atom. The van der Waals surface area contributed by atoms with Gasteiger partial charge in [-0.2, -0.15) is 9.97 Å². The molecule has 0 N–H and O–H groups in total. The third-order valence-electron chi connectivity index (χ3n) is 9.97. The number of hydrogen-bond donors (Lipinski definition) is 0. The molecule has 8 aromatic rings. The van der Waals surface area contributed by atoms with Crippen LogP contribution in [-0.4, -0.2) is 25.6 Å². The molecular weight excluding hydrogens is 611 g/mol. The molecule has 0 radical (unpaired) electrons. The number of rotatable bonds is 5. The molecule has 5 heteroatoms. The Labute approximate surface area is 289 Å². The highest BCUT2D eigenvalue weighted by molar-refractivity contribution is 5.88. The summed E-state index contributed by atoms with van der Waals surface area (Å²) in [6.07, 6.45) is 4.89. The number of fused-ring (bicyclic) bond motifs is 6. The lowest BCUT2D eigenvalue weighted by molar-refractivity contribution is 0.791. The van der Waals surface area contributed by atoms with E-state index in [-0.39, 0.29) is 12.0 Å². The molecule has 0 saturated heterocycles. The first kappa shape index (κ1) is 28.4. The third kappa shape index (κ3) is 4.59. The van der Waals surface area contributed by atoms with Gasteiger partial charge in [-0.25, -0.2) is 4.98 Å². The summed E-state index contributed by atoms with van der Waals surface area (Å²) in [5.41, 5.74) is 8.98. The quantitative estimate of drug-likeness (QED) is 0.189. The van der Waals surface area contributed by atoms with Crippen LogP contribution in [0, 0.1) is 0 Å². The standard InChI is InChI=1S/C45H31N5/c1-4-15-30(16-5-1)32-19-14-20-33(27-32)44-46-43(31-17-6-2-7-18-31)47-45(48-44)50-40-26-13-11-24-36(40)38-28-37-35-23-10-12-25-39(35)49(41(37)29-42(38)50)34-21-8-3-9-22-34/h1-29,37,41H. The summed E-state index contributed by atoms with van der Waals surface area (Å²) < 4.78 is 2.24. The second kappa shape index (κ2) is 11.5. The molecule has 0 amide bonds. The molecule has 236 valence electrons. The zero-order valence-electron chi connectivity index (χ0n) is 27.1. The van der Waals surface area contributed by atoms with E-state index in [2.05, 4.69) is 161 Å². The largest absolute Gasteiger partial charge is 0.333 e. The summed E-state index contributed by atoms with van der Waals surface area (Å²) in [5, 5.41) is 3.48. The highest BCUT2D eigenvalue weighted by Gasteiger charge is 2.38. The van der Waals surface area contributed by atoms with Gasteiger partial charge in [-0.05, 0) is 53.1 Å². The number of benzene rings is 6. The molecule has 5 nitrogen and oxygen atoms in total. The van der Waals surface area contributed by atoms with Gasteiger partial charge in [0.05, 0.1) is 16.9 Å². The fraction of sp³-hybridized carbons (Fsp3) is 0.0444. The van der Waals surface area contributed by atoms with Crippen LogP contribution >= 0.6 is 0 Å². The molecule has 2 aliphatic rings. The van der Waals surface area contributed by atoms with Gasteiger partial charge in [0.15, 0.2) is 11.6 Å². The van der Waals surface area contributed by atoms with Gasteiger partial charge in [0.25, 0.3) is 0 Å². The monoisotopic (exact) mass is 641 g/mol. The molecule has 6 aromatic carbocycles. The van der Waals surface area contributed by atoms with Gasteiger partial charge in [-0.1, -0.05) is 140 Å². The molecule has 50 heavy (non-hydrogen) atoms. The summed E-state index contributed by atoms with van der Waals surface area (Å²) in [6, 6.07) is 57.3. The first-order chi connectivity index (χ1) is 24.8. The second-order valence-electron chi connectivity index (χ2n) is 12.9. The normalized spacial score (nSPS) is 15.9. The molecular formula is C45H31N5. The van der Waals surface area contributed by atoms with Crippen molar-refractivity contribution in [3.63, 3.8) is 0 Å². The summed E-state index contributed by atoms with van der Waals surface area (Å²) >= 11 is 0. The van der Waals surface area contributed by atoms with Crippen LogP contribution in [0.1, 0.15) is 11.5 Å². The van der Waals surface area contributed by atoms with Crippen molar-refractivity contribution in [2.75, 3.05) is 4.90 Å². The fourth-order valence-corrected chi connectivity index (χ4v) is 7.72. The van der Waals surface area contributed by atoms with Crippen molar-refractivity contribution < 1.29 is 0 Å². The summed E-state index contributed by atoms with van der Waals surface area (Å²) in [6.45, 7) is 0. The summed E-state index contributed by atoms with van der Waals surface area (Å²) in [5.74, 6) is 2.07. The highest BCUT2D eigenvalue weighted by atomic mass is 15.2. The Kier molecular flexibility index (Phi) is 6.56. The van der Waals surface area contributed by atoms with Crippen LogP contribution < -0.4 is 15.5 Å². The van der Waals surface area contributed by atoms with Gasteiger partial charge < -0.3 is 4.90 Å². The Hall–Kier alpha value is -6.59. The minimum Gasteiger partial charge on any atom is -0.333 e. The minimum atomic E-state index is 0.0859. The lowest BCUT2D eigenvalue weighted by Crippen LogP contribution is -2.40. The van der Waals surface area contributed by atoms with Crippen LogP contribution in [0.4, 0.5) is 11.4 Å². The summed E-state index contributed by atoms with van der Waals surface area (Å²) in [7, 11) is 0. The van der Waals surface area contributed by atoms with Gasteiger partial charge in [-0.15, -0.1) is 0 Å². The Bertz CT molecular complexity index is 2670. The van der Waals surface area contributed by atoms with Gasteiger partial charge in [0.1, 0.15) is 0 Å². The maximum atomic E-state index is 5.26. The summed E-state index contributed by atoms with van der Waals surface area (Å²) in [4.78, 5) is 18.0. The number of aromatic nitrogens is 4. The molecule has 2 atom stereocenters. The zero-order chi connectivity index (χ0) is 33.0. The molecule has 0 bridgehead atoms. The van der Waals surface area contributed by atoms with Crippen LogP contribution in [0.2, 0.25) is 0 Å². The lowest BCUT2D eigenvalue weighted by atomic mass is 9.90. The van der Waals surface area contributed by atoms with Gasteiger partial charge in [0.2, 0.25) is 5.95 Å². The average Bonchev–Trinajstić information content (AvgIpc) is 3.70. The number of anilines is 2. The van der Waals surface area contributed by atoms with Gasteiger partial charge >= 0.3 is 0 Å². The Morgan fingerprint density at radius 2 is 1.10 bits per heavy atom. The van der Waals surface area contributed by atoms with E-state index in [1.807, 2.05) is 24.3 Å². The van der Waals surface area contributed by atoms with E-state index in [4.69, 9.17) is 15.0 Å². The fourth-order valence-electron chi connectivity index (χ4n) is 7.72. The molecule has 10 rings (SSSR count). The predicted octanol–water partition coefficient (Wildman–Crippen LogP) is 8.70. The maximum absolute atomic E-state index is 5.26. The van der Waals surface area contributed by atoms with E-state index in [9.17, 15) is 0 Å². The van der Waals surface area contributed by atoms with Crippen molar-refractivity contribution in [3.8, 4) is 39.9 Å². The smallest absolute Gasteiger partial charge is 0.238 e. The van der Waals surface area contributed by atoms with E-state index in [1.165, 1.54) is 27.5 Å². The molecule has 1 aliphatic heterocycles. The van der Waals surface area contributed by atoms with Crippen LogP contribution in [-0.2, 0) is 0 Å². The van der Waals surface area contributed by atoms with Crippen molar-refractivity contribution in [1.82, 2.24) is 19.5 Å².